The number of ether oxygens (including phenoxy) is 1. The van der Waals surface area contributed by atoms with Crippen LogP contribution in [0, 0.1) is 20.8 Å². The number of Topliss-reactive ketones (excluding diaryl/α,β-unsaturated/α-hetero) is 1. The summed E-state index contributed by atoms with van der Waals surface area (Å²) >= 11 is 0.907. The van der Waals surface area contributed by atoms with E-state index < -0.39 is 23.6 Å². The number of amides is 2. The third-order valence-corrected chi connectivity index (χ3v) is 6.22. The topological polar surface area (TPSA) is 119 Å². The molecule has 0 aliphatic carbocycles. The summed E-state index contributed by atoms with van der Waals surface area (Å²) in [5, 5.41) is 9.48. The summed E-state index contributed by atoms with van der Waals surface area (Å²) in [7, 11) is 1.46. The molecule has 3 aromatic rings. The second-order valence-corrected chi connectivity index (χ2v) is 8.16. The molecule has 2 aromatic heterocycles. The zero-order valence-electron chi connectivity index (χ0n) is 18.9. The smallest absolute Gasteiger partial charge is 0.341 e. The molecule has 0 saturated carbocycles. The van der Waals surface area contributed by atoms with E-state index in [-0.39, 0.29) is 27.6 Å². The first-order valence-electron chi connectivity index (χ1n) is 10.2. The van der Waals surface area contributed by atoms with Crippen molar-refractivity contribution in [2.75, 3.05) is 19.0 Å². The molecule has 0 atom stereocenters. The molecule has 1 aromatic carbocycles. The molecule has 0 aliphatic heterocycles. The monoisotopic (exact) mass is 468 g/mol. The van der Waals surface area contributed by atoms with E-state index in [1.807, 2.05) is 30.3 Å². The van der Waals surface area contributed by atoms with Crippen molar-refractivity contribution in [2.45, 2.75) is 27.7 Å². The Kier molecular flexibility index (Phi) is 7.07. The standard InChI is InChI=1S/C23H24N4O5S/c1-6-32-23(31)16-12(2)19(21(30)24-5)33-22(16)25-20(29)18(28)17-13(3)26-27(14(17)4)15-10-8-7-9-11-15/h7-11H,6H2,1-5H3,(H,24,30)(H,25,29). The SMILES string of the molecule is CCOC(=O)c1c(NC(=O)C(=O)c2c(C)nn(-c3ccccc3)c2C)sc(C(=O)NC)c1C. The van der Waals surface area contributed by atoms with E-state index in [0.29, 0.717) is 17.0 Å². The Hall–Kier alpha value is -3.79. The van der Waals surface area contributed by atoms with Crippen LogP contribution in [0.25, 0.3) is 5.69 Å². The molecule has 9 nitrogen and oxygen atoms in total. The van der Waals surface area contributed by atoms with Gasteiger partial charge in [0.25, 0.3) is 17.6 Å². The number of esters is 1. The normalized spacial score (nSPS) is 10.6. The van der Waals surface area contributed by atoms with Gasteiger partial charge in [0, 0.05) is 7.05 Å². The lowest BCUT2D eigenvalue weighted by molar-refractivity contribution is -0.112. The summed E-state index contributed by atoms with van der Waals surface area (Å²) in [6.45, 7) is 6.71. The lowest BCUT2D eigenvalue weighted by Gasteiger charge is -2.07. The Labute approximate surface area is 194 Å². The van der Waals surface area contributed by atoms with Crippen LogP contribution in [0.2, 0.25) is 0 Å². The van der Waals surface area contributed by atoms with E-state index in [4.69, 9.17) is 4.74 Å². The van der Waals surface area contributed by atoms with Crippen molar-refractivity contribution < 1.29 is 23.9 Å². The maximum absolute atomic E-state index is 13.1. The minimum atomic E-state index is -0.941. The first-order chi connectivity index (χ1) is 15.7. The van der Waals surface area contributed by atoms with Crippen molar-refractivity contribution in [1.29, 1.82) is 0 Å². The van der Waals surface area contributed by atoms with Crippen molar-refractivity contribution >= 4 is 39.9 Å². The first-order valence-corrected chi connectivity index (χ1v) is 11.0. The van der Waals surface area contributed by atoms with E-state index >= 15 is 0 Å². The zero-order valence-corrected chi connectivity index (χ0v) is 19.8. The van der Waals surface area contributed by atoms with E-state index in [2.05, 4.69) is 15.7 Å². The predicted octanol–water partition coefficient (Wildman–Crippen LogP) is 3.22. The van der Waals surface area contributed by atoms with Gasteiger partial charge in [-0.05, 0) is 45.4 Å². The van der Waals surface area contributed by atoms with Crippen LogP contribution in [0.4, 0.5) is 5.00 Å². The van der Waals surface area contributed by atoms with Crippen LogP contribution in [0.3, 0.4) is 0 Å². The second-order valence-electron chi connectivity index (χ2n) is 7.14. The fourth-order valence-corrected chi connectivity index (χ4v) is 4.58. The molecule has 0 spiro atoms. The lowest BCUT2D eigenvalue weighted by atomic mass is 10.1. The first kappa shape index (κ1) is 23.9. The van der Waals surface area contributed by atoms with Gasteiger partial charge in [-0.1, -0.05) is 18.2 Å². The number of anilines is 1. The highest BCUT2D eigenvalue weighted by Gasteiger charge is 2.30. The number of hydrogen-bond acceptors (Lipinski definition) is 7. The predicted molar refractivity (Wildman–Crippen MR) is 124 cm³/mol. The number of thiophene rings is 1. The van der Waals surface area contributed by atoms with Gasteiger partial charge in [0.05, 0.1) is 39.7 Å². The molecule has 2 amide bonds. The highest BCUT2D eigenvalue weighted by atomic mass is 32.1. The summed E-state index contributed by atoms with van der Waals surface area (Å²) in [6.07, 6.45) is 0. The van der Waals surface area contributed by atoms with Crippen LogP contribution >= 0.6 is 11.3 Å². The maximum atomic E-state index is 13.1. The molecule has 0 aliphatic rings. The van der Waals surface area contributed by atoms with Crippen molar-refractivity contribution in [1.82, 2.24) is 15.1 Å². The van der Waals surface area contributed by atoms with Gasteiger partial charge in [-0.15, -0.1) is 11.3 Å². The van der Waals surface area contributed by atoms with Gasteiger partial charge in [0.2, 0.25) is 0 Å². The van der Waals surface area contributed by atoms with Crippen molar-refractivity contribution in [3.05, 3.63) is 63.3 Å². The number of aryl methyl sites for hydroxylation is 1. The van der Waals surface area contributed by atoms with Gasteiger partial charge in [-0.3, -0.25) is 14.4 Å². The number of aromatic nitrogens is 2. The number of carbonyl (C=O) groups excluding carboxylic acids is 4. The van der Waals surface area contributed by atoms with Crippen molar-refractivity contribution in [2.24, 2.45) is 0 Å². The minimum Gasteiger partial charge on any atom is -0.462 e. The summed E-state index contributed by atoms with van der Waals surface area (Å²) in [5.41, 5.74) is 2.26. The molecule has 3 rings (SSSR count). The number of benzene rings is 1. The molecule has 0 radical (unpaired) electrons. The second kappa shape index (κ2) is 9.78. The number of rotatable bonds is 7. The molecular formula is C23H24N4O5S. The van der Waals surface area contributed by atoms with E-state index in [1.165, 1.54) is 7.05 Å². The number of ketones is 1. The highest BCUT2D eigenvalue weighted by Crippen LogP contribution is 2.34. The van der Waals surface area contributed by atoms with Gasteiger partial charge in [-0.25, -0.2) is 9.48 Å². The van der Waals surface area contributed by atoms with E-state index in [0.717, 1.165) is 17.0 Å². The van der Waals surface area contributed by atoms with Crippen LogP contribution < -0.4 is 10.6 Å². The van der Waals surface area contributed by atoms with Crippen molar-refractivity contribution in [3.8, 4) is 5.69 Å². The molecule has 0 unspecified atom stereocenters. The number of para-hydroxylation sites is 1. The van der Waals surface area contributed by atoms with Gasteiger partial charge in [0.15, 0.2) is 0 Å². The van der Waals surface area contributed by atoms with E-state index in [9.17, 15) is 19.2 Å². The van der Waals surface area contributed by atoms with Crippen LogP contribution in [-0.4, -0.2) is 47.0 Å². The lowest BCUT2D eigenvalue weighted by Crippen LogP contribution is -2.24. The van der Waals surface area contributed by atoms with Crippen molar-refractivity contribution in [3.63, 3.8) is 0 Å². The molecule has 172 valence electrons. The highest BCUT2D eigenvalue weighted by molar-refractivity contribution is 7.18. The van der Waals surface area contributed by atoms with Crippen LogP contribution in [-0.2, 0) is 9.53 Å². The Morgan fingerprint density at radius 2 is 1.73 bits per heavy atom. The molecule has 0 saturated heterocycles. The maximum Gasteiger partial charge on any atom is 0.341 e. The van der Waals surface area contributed by atoms with Crippen LogP contribution in [0.15, 0.2) is 30.3 Å². The van der Waals surface area contributed by atoms with Gasteiger partial charge >= 0.3 is 5.97 Å². The van der Waals surface area contributed by atoms with Crippen LogP contribution in [0.5, 0.6) is 0 Å². The summed E-state index contributed by atoms with van der Waals surface area (Å²) in [6, 6.07) is 9.24. The molecule has 0 bridgehead atoms. The Balaban J connectivity index is 1.97. The van der Waals surface area contributed by atoms with Gasteiger partial charge < -0.3 is 15.4 Å². The molecule has 10 heteroatoms. The van der Waals surface area contributed by atoms with Gasteiger partial charge in [0.1, 0.15) is 5.00 Å². The largest absolute Gasteiger partial charge is 0.462 e. The van der Waals surface area contributed by atoms with Gasteiger partial charge in [-0.2, -0.15) is 5.10 Å². The molecule has 33 heavy (non-hydrogen) atoms. The summed E-state index contributed by atoms with van der Waals surface area (Å²) in [5.74, 6) is -2.84. The minimum absolute atomic E-state index is 0.0509. The molecular weight excluding hydrogens is 444 g/mol. The molecule has 2 N–H and O–H groups in total. The van der Waals surface area contributed by atoms with Crippen LogP contribution in [0.1, 0.15) is 54.3 Å². The Bertz CT molecular complexity index is 1240. The van der Waals surface area contributed by atoms with E-state index in [1.54, 1.807) is 32.4 Å². The third kappa shape index (κ3) is 4.56. The quantitative estimate of drug-likeness (QED) is 0.312. The number of nitrogens with one attached hydrogen (secondary N) is 2. The third-order valence-electron chi connectivity index (χ3n) is 5.01. The Morgan fingerprint density at radius 1 is 1.06 bits per heavy atom. The fourth-order valence-electron chi connectivity index (χ4n) is 3.45. The zero-order chi connectivity index (χ0) is 24.3. The summed E-state index contributed by atoms with van der Waals surface area (Å²) < 4.78 is 6.68. The average molecular weight is 469 g/mol. The molecule has 2 heterocycles. The number of nitrogens with zero attached hydrogens (tertiary/aromatic N) is 2. The summed E-state index contributed by atoms with van der Waals surface area (Å²) in [4.78, 5) is 50.9. The number of hydrogen-bond donors (Lipinski definition) is 2. The molecule has 0 fully saturated rings. The fraction of sp³-hybridized carbons (Fsp3) is 0.261. The average Bonchev–Trinajstić information content (AvgIpc) is 3.28. The Morgan fingerprint density at radius 3 is 2.33 bits per heavy atom. The number of carbonyl (C=O) groups is 4.